The van der Waals surface area contributed by atoms with Crippen molar-refractivity contribution in [1.29, 1.82) is 0 Å². The van der Waals surface area contributed by atoms with Gasteiger partial charge in [0.25, 0.3) is 0 Å². The predicted octanol–water partition coefficient (Wildman–Crippen LogP) is 0.816. The maximum atomic E-state index is 10.6. The van der Waals surface area contributed by atoms with Crippen LogP contribution in [-0.2, 0) is 4.79 Å². The van der Waals surface area contributed by atoms with E-state index in [1.165, 1.54) is 0 Å². The van der Waals surface area contributed by atoms with Crippen molar-refractivity contribution in [1.82, 2.24) is 0 Å². The van der Waals surface area contributed by atoms with Gasteiger partial charge in [-0.1, -0.05) is 13.8 Å². The molecule has 3 heteroatoms. The molecule has 0 aliphatic heterocycles. The molecule has 0 aromatic carbocycles. The van der Waals surface area contributed by atoms with Crippen LogP contribution in [0.1, 0.15) is 20.8 Å². The lowest BCUT2D eigenvalue weighted by atomic mass is 9.91. The standard InChI is InChI=1S/C6H13NOS/c1-4(2)6(3,7)5(8)9/h4H,7H2,1-3H3,(H,8,9). The van der Waals surface area contributed by atoms with E-state index in [1.54, 1.807) is 6.92 Å². The van der Waals surface area contributed by atoms with Gasteiger partial charge >= 0.3 is 0 Å². The minimum absolute atomic E-state index is 0.141. The molecule has 0 fully saturated rings. The molecular weight excluding hydrogens is 134 g/mol. The second-order valence-electron chi connectivity index (χ2n) is 2.74. The van der Waals surface area contributed by atoms with Gasteiger partial charge < -0.3 is 5.73 Å². The van der Waals surface area contributed by atoms with Gasteiger partial charge in [-0.15, -0.1) is 12.6 Å². The molecule has 2 N–H and O–H groups in total. The molecule has 0 heterocycles. The van der Waals surface area contributed by atoms with Crippen LogP contribution in [0.3, 0.4) is 0 Å². The van der Waals surface area contributed by atoms with Crippen molar-refractivity contribution in [3.8, 4) is 0 Å². The van der Waals surface area contributed by atoms with Crippen molar-refractivity contribution >= 4 is 17.7 Å². The van der Waals surface area contributed by atoms with Crippen LogP contribution in [0.4, 0.5) is 0 Å². The van der Waals surface area contributed by atoms with Gasteiger partial charge in [0, 0.05) is 0 Å². The topological polar surface area (TPSA) is 43.1 Å². The Morgan fingerprint density at radius 2 is 2.00 bits per heavy atom. The number of nitrogens with two attached hydrogens (primary N) is 1. The Morgan fingerprint density at radius 3 is 2.00 bits per heavy atom. The van der Waals surface area contributed by atoms with Crippen LogP contribution in [0.25, 0.3) is 0 Å². The third-order valence-corrected chi connectivity index (χ3v) is 2.14. The number of carbonyl (C=O) groups is 1. The van der Waals surface area contributed by atoms with E-state index in [0.717, 1.165) is 0 Å². The maximum Gasteiger partial charge on any atom is 0.205 e. The highest BCUT2D eigenvalue weighted by atomic mass is 32.1. The minimum atomic E-state index is -0.775. The summed E-state index contributed by atoms with van der Waals surface area (Å²) in [5.74, 6) is 0.141. The third kappa shape index (κ3) is 1.99. The van der Waals surface area contributed by atoms with E-state index in [9.17, 15) is 4.79 Å². The van der Waals surface area contributed by atoms with Gasteiger partial charge in [-0.2, -0.15) is 0 Å². The lowest BCUT2D eigenvalue weighted by Gasteiger charge is -2.24. The van der Waals surface area contributed by atoms with E-state index in [-0.39, 0.29) is 11.0 Å². The molecule has 0 saturated heterocycles. The van der Waals surface area contributed by atoms with E-state index >= 15 is 0 Å². The van der Waals surface area contributed by atoms with Crippen molar-refractivity contribution in [2.75, 3.05) is 0 Å². The number of rotatable bonds is 2. The van der Waals surface area contributed by atoms with Gasteiger partial charge in [0.05, 0.1) is 5.54 Å². The first-order valence-electron chi connectivity index (χ1n) is 2.91. The van der Waals surface area contributed by atoms with Crippen molar-refractivity contribution < 1.29 is 4.79 Å². The molecular formula is C6H13NOS. The summed E-state index contributed by atoms with van der Waals surface area (Å²) >= 11 is 3.65. The minimum Gasteiger partial charge on any atom is -0.318 e. The SMILES string of the molecule is CC(C)C(C)(N)C(=O)S. The average Bonchev–Trinajstić information content (AvgIpc) is 1.65. The Labute approximate surface area is 61.2 Å². The number of thiol groups is 1. The van der Waals surface area contributed by atoms with Crippen molar-refractivity contribution in [3.05, 3.63) is 0 Å². The molecule has 0 aromatic rings. The first-order chi connectivity index (χ1) is 3.89. The molecule has 0 aliphatic carbocycles. The second-order valence-corrected chi connectivity index (χ2v) is 3.15. The van der Waals surface area contributed by atoms with Crippen LogP contribution in [0.15, 0.2) is 0 Å². The summed E-state index contributed by atoms with van der Waals surface area (Å²) < 4.78 is 0. The molecule has 0 aromatic heterocycles. The smallest absolute Gasteiger partial charge is 0.205 e. The fourth-order valence-electron chi connectivity index (χ4n) is 0.247. The monoisotopic (exact) mass is 147 g/mol. The van der Waals surface area contributed by atoms with Crippen LogP contribution in [0.5, 0.6) is 0 Å². The summed E-state index contributed by atoms with van der Waals surface area (Å²) in [5, 5.41) is -0.252. The summed E-state index contributed by atoms with van der Waals surface area (Å²) in [6, 6.07) is 0. The van der Waals surface area contributed by atoms with Crippen LogP contribution in [0.2, 0.25) is 0 Å². The van der Waals surface area contributed by atoms with E-state index < -0.39 is 5.54 Å². The predicted molar refractivity (Wildman–Crippen MR) is 41.4 cm³/mol. The summed E-state index contributed by atoms with van der Waals surface area (Å²) in [7, 11) is 0. The molecule has 0 saturated carbocycles. The van der Waals surface area contributed by atoms with E-state index in [1.807, 2.05) is 13.8 Å². The van der Waals surface area contributed by atoms with Crippen LogP contribution in [0, 0.1) is 5.92 Å². The highest BCUT2D eigenvalue weighted by molar-refractivity contribution is 7.96. The Bertz CT molecular complexity index is 120. The van der Waals surface area contributed by atoms with Crippen molar-refractivity contribution in [3.63, 3.8) is 0 Å². The van der Waals surface area contributed by atoms with Gasteiger partial charge in [-0.25, -0.2) is 0 Å². The molecule has 0 amide bonds. The summed E-state index contributed by atoms with van der Waals surface area (Å²) in [6.45, 7) is 5.48. The second kappa shape index (κ2) is 2.71. The van der Waals surface area contributed by atoms with E-state index in [0.29, 0.717) is 0 Å². The van der Waals surface area contributed by atoms with Crippen LogP contribution >= 0.6 is 12.6 Å². The summed E-state index contributed by atoms with van der Waals surface area (Å²) in [4.78, 5) is 10.6. The third-order valence-electron chi connectivity index (χ3n) is 1.66. The van der Waals surface area contributed by atoms with Gasteiger partial charge in [-0.05, 0) is 12.8 Å². The molecule has 0 radical (unpaired) electrons. The summed E-state index contributed by atoms with van der Waals surface area (Å²) in [6.07, 6.45) is 0. The lowest BCUT2D eigenvalue weighted by Crippen LogP contribution is -2.47. The Balaban J connectivity index is 4.19. The normalized spacial score (nSPS) is 17.6. The quantitative estimate of drug-likeness (QED) is 0.568. The average molecular weight is 147 g/mol. The zero-order chi connectivity index (χ0) is 7.65. The molecule has 2 nitrogen and oxygen atoms in total. The molecule has 0 bridgehead atoms. The highest BCUT2D eigenvalue weighted by Gasteiger charge is 2.28. The van der Waals surface area contributed by atoms with Gasteiger partial charge in [0.1, 0.15) is 0 Å². The molecule has 54 valence electrons. The molecule has 0 spiro atoms. The van der Waals surface area contributed by atoms with Gasteiger partial charge in [0.2, 0.25) is 5.12 Å². The van der Waals surface area contributed by atoms with Crippen LogP contribution in [-0.4, -0.2) is 10.7 Å². The Hall–Kier alpha value is -0.0200. The first-order valence-corrected chi connectivity index (χ1v) is 3.36. The van der Waals surface area contributed by atoms with E-state index in [2.05, 4.69) is 12.6 Å². The van der Waals surface area contributed by atoms with Crippen molar-refractivity contribution in [2.45, 2.75) is 26.3 Å². The largest absolute Gasteiger partial charge is 0.318 e. The fourth-order valence-corrected chi connectivity index (χ4v) is 0.505. The number of hydrogen-bond donors (Lipinski definition) is 2. The maximum absolute atomic E-state index is 10.6. The zero-order valence-corrected chi connectivity index (χ0v) is 6.90. The molecule has 0 rings (SSSR count). The number of hydrogen-bond acceptors (Lipinski definition) is 2. The zero-order valence-electron chi connectivity index (χ0n) is 6.01. The van der Waals surface area contributed by atoms with E-state index in [4.69, 9.17) is 5.73 Å². The highest BCUT2D eigenvalue weighted by Crippen LogP contribution is 2.15. The fraction of sp³-hybridized carbons (Fsp3) is 0.833. The summed E-state index contributed by atoms with van der Waals surface area (Å²) in [5.41, 5.74) is 4.80. The Kier molecular flexibility index (Phi) is 2.70. The lowest BCUT2D eigenvalue weighted by molar-refractivity contribution is -0.116. The van der Waals surface area contributed by atoms with Gasteiger partial charge in [-0.3, -0.25) is 4.79 Å². The molecule has 1 atom stereocenters. The molecule has 1 unspecified atom stereocenters. The molecule has 9 heavy (non-hydrogen) atoms. The Morgan fingerprint density at radius 1 is 1.67 bits per heavy atom. The number of carbonyl (C=O) groups excluding carboxylic acids is 1. The van der Waals surface area contributed by atoms with Crippen molar-refractivity contribution in [2.24, 2.45) is 11.7 Å². The first kappa shape index (κ1) is 8.98. The molecule has 0 aliphatic rings. The van der Waals surface area contributed by atoms with Gasteiger partial charge in [0.15, 0.2) is 0 Å². The van der Waals surface area contributed by atoms with Crippen LogP contribution < -0.4 is 5.73 Å².